The first-order valence-electron chi connectivity index (χ1n) is 5.44. The first kappa shape index (κ1) is 15.3. The van der Waals surface area contributed by atoms with Crippen LogP contribution in [0.15, 0.2) is 11.6 Å². The predicted octanol–water partition coefficient (Wildman–Crippen LogP) is -1.97. The second kappa shape index (κ2) is 6.41. The van der Waals surface area contributed by atoms with E-state index in [0.29, 0.717) is 0 Å². The highest BCUT2D eigenvalue weighted by Crippen LogP contribution is 2.20. The summed E-state index contributed by atoms with van der Waals surface area (Å²) in [5.41, 5.74) is -0.0686. The quantitative estimate of drug-likeness (QED) is 0.399. The van der Waals surface area contributed by atoms with Crippen molar-refractivity contribution in [2.24, 2.45) is 0 Å². The van der Waals surface area contributed by atoms with E-state index >= 15 is 0 Å². The molecule has 106 valence electrons. The lowest BCUT2D eigenvalue weighted by Gasteiger charge is -2.26. The van der Waals surface area contributed by atoms with Crippen LogP contribution in [0.25, 0.3) is 0 Å². The second-order valence-electron chi connectivity index (χ2n) is 3.99. The normalized spacial score (nSPS) is 26.3. The molecule has 0 unspecified atom stereocenters. The third-order valence-corrected chi connectivity index (χ3v) is 2.39. The molecule has 0 aromatic rings. The van der Waals surface area contributed by atoms with Crippen LogP contribution in [0, 0.1) is 0 Å². The van der Waals surface area contributed by atoms with Crippen LogP contribution in [0.5, 0.6) is 0 Å². The van der Waals surface area contributed by atoms with Crippen molar-refractivity contribution in [3.8, 4) is 0 Å². The number of hydrogen-bond acceptors (Lipinski definition) is 8. The number of aliphatic hydroxyl groups excluding tert-OH is 3. The van der Waals surface area contributed by atoms with Crippen molar-refractivity contribution in [1.29, 1.82) is 0 Å². The lowest BCUT2D eigenvalue weighted by atomic mass is 9.92. The van der Waals surface area contributed by atoms with E-state index < -0.39 is 42.8 Å². The van der Waals surface area contributed by atoms with Gasteiger partial charge in [0.1, 0.15) is 12.2 Å². The molecule has 1 rings (SSSR count). The van der Waals surface area contributed by atoms with Crippen LogP contribution in [-0.4, -0.2) is 58.1 Å². The summed E-state index contributed by atoms with van der Waals surface area (Å²) in [5.74, 6) is -2.80. The number of carbonyl (C=O) groups is 3. The highest BCUT2D eigenvalue weighted by molar-refractivity contribution is 5.91. The van der Waals surface area contributed by atoms with E-state index in [2.05, 4.69) is 9.47 Å². The maximum absolute atomic E-state index is 11.5. The Labute approximate surface area is 108 Å². The molecule has 0 heterocycles. The van der Waals surface area contributed by atoms with Crippen molar-refractivity contribution >= 4 is 17.9 Å². The largest absolute Gasteiger partial charge is 0.450 e. The van der Waals surface area contributed by atoms with Gasteiger partial charge in [0.15, 0.2) is 6.61 Å². The van der Waals surface area contributed by atoms with Gasteiger partial charge in [-0.2, -0.15) is 0 Å². The third-order valence-electron chi connectivity index (χ3n) is 2.39. The van der Waals surface area contributed by atoms with Gasteiger partial charge in [-0.15, -0.1) is 0 Å². The van der Waals surface area contributed by atoms with Crippen LogP contribution in [0.2, 0.25) is 0 Å². The average molecular weight is 274 g/mol. The molecule has 8 heteroatoms. The Hall–Kier alpha value is -1.77. The summed E-state index contributed by atoms with van der Waals surface area (Å²) < 4.78 is 8.67. The molecular formula is C11H14O8. The van der Waals surface area contributed by atoms with E-state index in [1.165, 1.54) is 0 Å². The fourth-order valence-electron chi connectivity index (χ4n) is 1.50. The molecule has 19 heavy (non-hydrogen) atoms. The monoisotopic (exact) mass is 274 g/mol. The minimum absolute atomic E-state index is 0.0686. The van der Waals surface area contributed by atoms with Gasteiger partial charge in [0, 0.05) is 18.9 Å². The van der Waals surface area contributed by atoms with Gasteiger partial charge < -0.3 is 24.8 Å². The zero-order chi connectivity index (χ0) is 14.6. The zero-order valence-electron chi connectivity index (χ0n) is 10.1. The number of hydrogen-bond donors (Lipinski definition) is 3. The molecule has 0 saturated heterocycles. The summed E-state index contributed by atoms with van der Waals surface area (Å²) in [6.45, 7) is 0.266. The molecule has 3 atom stereocenters. The second-order valence-corrected chi connectivity index (χ2v) is 3.99. The summed E-state index contributed by atoms with van der Waals surface area (Å²) in [6, 6.07) is 0. The maximum atomic E-state index is 11.5. The molecular weight excluding hydrogens is 260 g/mol. The van der Waals surface area contributed by atoms with Crippen LogP contribution in [0.4, 0.5) is 0 Å². The molecule has 0 spiro atoms. The van der Waals surface area contributed by atoms with Gasteiger partial charge in [-0.05, 0) is 6.08 Å². The van der Waals surface area contributed by atoms with E-state index in [9.17, 15) is 29.7 Å². The Morgan fingerprint density at radius 3 is 2.47 bits per heavy atom. The number of esters is 3. The van der Waals surface area contributed by atoms with Crippen molar-refractivity contribution in [2.75, 3.05) is 6.61 Å². The summed E-state index contributed by atoms with van der Waals surface area (Å²) in [5, 5.41) is 28.0. The number of aliphatic hydroxyl groups is 3. The van der Waals surface area contributed by atoms with Gasteiger partial charge in [0.05, 0.1) is 6.10 Å². The van der Waals surface area contributed by atoms with Gasteiger partial charge in [0.25, 0.3) is 0 Å². The Bertz CT molecular complexity index is 413. The molecule has 0 fully saturated rings. The fraction of sp³-hybridized carbons (Fsp3) is 0.545. The van der Waals surface area contributed by atoms with Crippen molar-refractivity contribution in [1.82, 2.24) is 0 Å². The fourth-order valence-corrected chi connectivity index (χ4v) is 1.50. The van der Waals surface area contributed by atoms with Gasteiger partial charge >= 0.3 is 17.9 Å². The molecule has 0 aromatic heterocycles. The maximum Gasteiger partial charge on any atom is 0.351 e. The lowest BCUT2D eigenvalue weighted by molar-refractivity contribution is -0.165. The third kappa shape index (κ3) is 4.43. The Kier molecular flexibility index (Phi) is 5.16. The first-order valence-corrected chi connectivity index (χ1v) is 5.44. The molecule has 8 nitrogen and oxygen atoms in total. The summed E-state index contributed by atoms with van der Waals surface area (Å²) in [7, 11) is 0. The van der Waals surface area contributed by atoms with E-state index in [1.54, 1.807) is 0 Å². The van der Waals surface area contributed by atoms with Crippen molar-refractivity contribution in [3.05, 3.63) is 11.6 Å². The highest BCUT2D eigenvalue weighted by Gasteiger charge is 2.32. The van der Waals surface area contributed by atoms with E-state index in [0.717, 1.165) is 13.0 Å². The minimum atomic E-state index is -1.39. The molecule has 0 aliphatic heterocycles. The summed E-state index contributed by atoms with van der Waals surface area (Å²) in [6.07, 6.45) is -3.24. The van der Waals surface area contributed by atoms with Crippen LogP contribution in [0.3, 0.4) is 0 Å². The number of ether oxygens (including phenoxy) is 2. The molecule has 0 bridgehead atoms. The Morgan fingerprint density at radius 2 is 1.95 bits per heavy atom. The average Bonchev–Trinajstić information content (AvgIpc) is 2.31. The van der Waals surface area contributed by atoms with Crippen LogP contribution >= 0.6 is 0 Å². The van der Waals surface area contributed by atoms with Crippen LogP contribution in [0.1, 0.15) is 13.3 Å². The molecule has 0 saturated carbocycles. The molecule has 0 radical (unpaired) electrons. The molecule has 0 amide bonds. The molecule has 3 N–H and O–H groups in total. The first-order chi connectivity index (χ1) is 8.81. The SMILES string of the molecule is CC(=O)OC(=O)COC(=O)C1=C[C@@H](O)[C@@H](O)[C@H](O)C1. The minimum Gasteiger partial charge on any atom is -0.450 e. The van der Waals surface area contributed by atoms with Crippen molar-refractivity contribution in [3.63, 3.8) is 0 Å². The van der Waals surface area contributed by atoms with Crippen molar-refractivity contribution < 1.29 is 39.2 Å². The zero-order valence-corrected chi connectivity index (χ0v) is 10.1. The number of carbonyl (C=O) groups excluding carboxylic acids is 3. The van der Waals surface area contributed by atoms with Crippen molar-refractivity contribution in [2.45, 2.75) is 31.7 Å². The van der Waals surface area contributed by atoms with Gasteiger partial charge in [-0.3, -0.25) is 4.79 Å². The molecule has 1 aliphatic rings. The highest BCUT2D eigenvalue weighted by atomic mass is 16.6. The van der Waals surface area contributed by atoms with Gasteiger partial charge in [0.2, 0.25) is 0 Å². The summed E-state index contributed by atoms with van der Waals surface area (Å²) in [4.78, 5) is 32.9. The molecule has 0 aromatic carbocycles. The van der Waals surface area contributed by atoms with Crippen LogP contribution in [-0.2, 0) is 23.9 Å². The topological polar surface area (TPSA) is 130 Å². The van der Waals surface area contributed by atoms with E-state index in [4.69, 9.17) is 0 Å². The number of rotatable bonds is 3. The van der Waals surface area contributed by atoms with Gasteiger partial charge in [-0.25, -0.2) is 9.59 Å². The Balaban J connectivity index is 2.52. The van der Waals surface area contributed by atoms with E-state index in [-0.39, 0.29) is 12.0 Å². The lowest BCUT2D eigenvalue weighted by Crippen LogP contribution is -2.41. The predicted molar refractivity (Wildman–Crippen MR) is 58.5 cm³/mol. The standard InChI is InChI=1S/C11H14O8/c1-5(12)19-9(15)4-18-11(17)6-2-7(13)10(16)8(14)3-6/h2,7-8,10,13-14,16H,3-4H2,1H3/t7-,8-,10-/m1/s1. The smallest absolute Gasteiger partial charge is 0.351 e. The van der Waals surface area contributed by atoms with Crippen LogP contribution < -0.4 is 0 Å². The summed E-state index contributed by atoms with van der Waals surface area (Å²) >= 11 is 0. The van der Waals surface area contributed by atoms with Gasteiger partial charge in [-0.1, -0.05) is 0 Å². The Morgan fingerprint density at radius 1 is 1.32 bits per heavy atom. The van der Waals surface area contributed by atoms with E-state index in [1.807, 2.05) is 0 Å². The molecule has 1 aliphatic carbocycles.